The second-order valence-corrected chi connectivity index (χ2v) is 6.75. The summed E-state index contributed by atoms with van der Waals surface area (Å²) < 4.78 is 20.9. The van der Waals surface area contributed by atoms with E-state index in [1.807, 2.05) is 53.4 Å². The maximum Gasteiger partial charge on any atom is 0.251 e. The Kier molecular flexibility index (Phi) is 5.03. The topological polar surface area (TPSA) is 43.3 Å². The van der Waals surface area contributed by atoms with Crippen molar-refractivity contribution in [2.45, 2.75) is 25.0 Å². The van der Waals surface area contributed by atoms with Gasteiger partial charge >= 0.3 is 0 Å². The van der Waals surface area contributed by atoms with Crippen LogP contribution in [0.25, 0.3) is 5.69 Å². The van der Waals surface area contributed by atoms with Gasteiger partial charge in [0, 0.05) is 36.3 Å². The first-order chi connectivity index (χ1) is 13.2. The molecular weight excluding hydrogens is 343 g/mol. The summed E-state index contributed by atoms with van der Waals surface area (Å²) in [5.74, 6) is -0.351. The van der Waals surface area contributed by atoms with Crippen LogP contribution >= 0.6 is 0 Å². The number of benzene rings is 2. The van der Waals surface area contributed by atoms with Crippen LogP contribution in [0, 0.1) is 5.82 Å². The summed E-state index contributed by atoms with van der Waals surface area (Å²) in [7, 11) is 0. The summed E-state index contributed by atoms with van der Waals surface area (Å²) in [6.45, 7) is 0.566. The number of ether oxygens (including phenoxy) is 1. The molecule has 4 rings (SSSR count). The number of rotatable bonds is 4. The molecule has 1 fully saturated rings. The Morgan fingerprint density at radius 1 is 1.07 bits per heavy atom. The molecule has 27 heavy (non-hydrogen) atoms. The molecule has 2 heterocycles. The van der Waals surface area contributed by atoms with E-state index in [4.69, 9.17) is 4.74 Å². The van der Waals surface area contributed by atoms with Crippen molar-refractivity contribution in [2.75, 3.05) is 6.61 Å². The SMILES string of the molecule is O=C(N[C@@H]1CCO[C@H](c2ccc(F)cc2)C1)c1cccc(-n2cccc2)c1. The molecule has 5 heteroatoms. The summed E-state index contributed by atoms with van der Waals surface area (Å²) in [5.41, 5.74) is 2.51. The second-order valence-electron chi connectivity index (χ2n) is 6.75. The number of amides is 1. The maximum absolute atomic E-state index is 13.1. The van der Waals surface area contributed by atoms with Crippen LogP contribution in [0.4, 0.5) is 4.39 Å². The Labute approximate surface area is 157 Å². The van der Waals surface area contributed by atoms with E-state index in [9.17, 15) is 9.18 Å². The summed E-state index contributed by atoms with van der Waals surface area (Å²) in [6.07, 6.45) is 5.21. The average molecular weight is 364 g/mol. The first kappa shape index (κ1) is 17.5. The zero-order chi connectivity index (χ0) is 18.6. The van der Waals surface area contributed by atoms with Crippen LogP contribution < -0.4 is 5.32 Å². The predicted molar refractivity (Wildman–Crippen MR) is 101 cm³/mol. The van der Waals surface area contributed by atoms with Crippen molar-refractivity contribution in [3.63, 3.8) is 0 Å². The van der Waals surface area contributed by atoms with Crippen LogP contribution in [0.5, 0.6) is 0 Å². The quantitative estimate of drug-likeness (QED) is 0.751. The van der Waals surface area contributed by atoms with E-state index in [0.717, 1.165) is 17.7 Å². The fourth-order valence-electron chi connectivity index (χ4n) is 3.42. The number of carbonyl (C=O) groups is 1. The Hall–Kier alpha value is -2.92. The molecule has 0 aliphatic carbocycles. The molecule has 1 aliphatic rings. The van der Waals surface area contributed by atoms with Gasteiger partial charge < -0.3 is 14.6 Å². The molecule has 138 valence electrons. The highest BCUT2D eigenvalue weighted by Crippen LogP contribution is 2.28. The largest absolute Gasteiger partial charge is 0.373 e. The van der Waals surface area contributed by atoms with Crippen LogP contribution in [0.2, 0.25) is 0 Å². The minimum absolute atomic E-state index is 0.0246. The molecule has 2 atom stereocenters. The molecular formula is C22H21FN2O2. The van der Waals surface area contributed by atoms with E-state index in [-0.39, 0.29) is 23.9 Å². The van der Waals surface area contributed by atoms with Gasteiger partial charge in [0.15, 0.2) is 0 Å². The Balaban J connectivity index is 1.43. The number of nitrogens with zero attached hydrogens (tertiary/aromatic N) is 1. The van der Waals surface area contributed by atoms with Gasteiger partial charge in [-0.05, 0) is 60.9 Å². The Bertz CT molecular complexity index is 906. The average Bonchev–Trinajstić information content (AvgIpc) is 3.24. The van der Waals surface area contributed by atoms with Crippen LogP contribution in [0.3, 0.4) is 0 Å². The van der Waals surface area contributed by atoms with Gasteiger partial charge in [0.2, 0.25) is 0 Å². The molecule has 1 amide bonds. The molecule has 0 spiro atoms. The molecule has 1 saturated heterocycles. The molecule has 0 radical (unpaired) electrons. The molecule has 0 saturated carbocycles. The van der Waals surface area contributed by atoms with Gasteiger partial charge in [-0.15, -0.1) is 0 Å². The van der Waals surface area contributed by atoms with Crippen molar-refractivity contribution in [3.8, 4) is 5.69 Å². The van der Waals surface area contributed by atoms with Crippen LogP contribution in [-0.2, 0) is 4.74 Å². The van der Waals surface area contributed by atoms with Gasteiger partial charge in [-0.1, -0.05) is 18.2 Å². The molecule has 0 unspecified atom stereocenters. The number of nitrogens with one attached hydrogen (secondary N) is 1. The number of carbonyl (C=O) groups excluding carboxylic acids is 1. The fourth-order valence-corrected chi connectivity index (χ4v) is 3.42. The van der Waals surface area contributed by atoms with Crippen LogP contribution in [0.15, 0.2) is 73.1 Å². The van der Waals surface area contributed by atoms with E-state index in [0.29, 0.717) is 18.6 Å². The molecule has 2 aromatic carbocycles. The van der Waals surface area contributed by atoms with Gasteiger partial charge in [0.05, 0.1) is 6.10 Å². The van der Waals surface area contributed by atoms with Crippen molar-refractivity contribution in [2.24, 2.45) is 0 Å². The zero-order valence-electron chi connectivity index (χ0n) is 14.8. The maximum atomic E-state index is 13.1. The monoisotopic (exact) mass is 364 g/mol. The van der Waals surface area contributed by atoms with E-state index in [1.54, 1.807) is 12.1 Å². The van der Waals surface area contributed by atoms with E-state index < -0.39 is 0 Å². The highest BCUT2D eigenvalue weighted by atomic mass is 19.1. The molecule has 1 aliphatic heterocycles. The predicted octanol–water partition coefficient (Wildman–Crippen LogP) is 4.27. The number of hydrogen-bond donors (Lipinski definition) is 1. The molecule has 3 aromatic rings. The number of aromatic nitrogens is 1. The molecule has 4 nitrogen and oxygen atoms in total. The third kappa shape index (κ3) is 4.09. The summed E-state index contributed by atoms with van der Waals surface area (Å²) in [4.78, 5) is 12.7. The Morgan fingerprint density at radius 3 is 2.63 bits per heavy atom. The van der Waals surface area contributed by atoms with Crippen molar-refractivity contribution in [1.82, 2.24) is 9.88 Å². The van der Waals surface area contributed by atoms with Gasteiger partial charge in [-0.25, -0.2) is 4.39 Å². The van der Waals surface area contributed by atoms with E-state index in [1.165, 1.54) is 12.1 Å². The summed E-state index contributed by atoms with van der Waals surface area (Å²) >= 11 is 0. The summed E-state index contributed by atoms with van der Waals surface area (Å²) in [6, 6.07) is 17.8. The van der Waals surface area contributed by atoms with Gasteiger partial charge in [0.1, 0.15) is 5.82 Å². The van der Waals surface area contributed by atoms with Crippen molar-refractivity contribution in [1.29, 1.82) is 0 Å². The van der Waals surface area contributed by atoms with Crippen molar-refractivity contribution >= 4 is 5.91 Å². The number of halogens is 1. The van der Waals surface area contributed by atoms with E-state index >= 15 is 0 Å². The lowest BCUT2D eigenvalue weighted by Gasteiger charge is -2.30. The van der Waals surface area contributed by atoms with Crippen LogP contribution in [-0.4, -0.2) is 23.1 Å². The van der Waals surface area contributed by atoms with Gasteiger partial charge in [0.25, 0.3) is 5.91 Å². The normalized spacial score (nSPS) is 19.6. The second kappa shape index (κ2) is 7.76. The number of hydrogen-bond acceptors (Lipinski definition) is 2. The Morgan fingerprint density at radius 2 is 1.85 bits per heavy atom. The highest BCUT2D eigenvalue weighted by Gasteiger charge is 2.25. The third-order valence-electron chi connectivity index (χ3n) is 4.87. The first-order valence-corrected chi connectivity index (χ1v) is 9.10. The smallest absolute Gasteiger partial charge is 0.251 e. The fraction of sp³-hybridized carbons (Fsp3) is 0.227. The lowest BCUT2D eigenvalue weighted by atomic mass is 9.97. The molecule has 1 N–H and O–H groups in total. The highest BCUT2D eigenvalue weighted by molar-refractivity contribution is 5.94. The van der Waals surface area contributed by atoms with Crippen molar-refractivity contribution in [3.05, 3.63) is 90.0 Å². The standard InChI is InChI=1S/C22H21FN2O2/c23-18-8-6-16(7-9-18)21-15-19(10-13-27-21)24-22(26)17-4-3-5-20(14-17)25-11-1-2-12-25/h1-9,11-12,14,19,21H,10,13,15H2,(H,24,26)/t19-,21+/m1/s1. The molecule has 0 bridgehead atoms. The van der Waals surface area contributed by atoms with Gasteiger partial charge in [-0.3, -0.25) is 4.79 Å². The first-order valence-electron chi connectivity index (χ1n) is 9.10. The third-order valence-corrected chi connectivity index (χ3v) is 4.87. The lowest BCUT2D eigenvalue weighted by molar-refractivity contribution is 0.000875. The van der Waals surface area contributed by atoms with Crippen LogP contribution in [0.1, 0.15) is 34.9 Å². The van der Waals surface area contributed by atoms with Gasteiger partial charge in [-0.2, -0.15) is 0 Å². The van der Waals surface area contributed by atoms with E-state index in [2.05, 4.69) is 5.32 Å². The minimum atomic E-state index is -0.262. The van der Waals surface area contributed by atoms with Crippen molar-refractivity contribution < 1.29 is 13.9 Å². The zero-order valence-corrected chi connectivity index (χ0v) is 14.8. The minimum Gasteiger partial charge on any atom is -0.373 e. The summed E-state index contributed by atoms with van der Waals surface area (Å²) in [5, 5.41) is 3.12. The lowest BCUT2D eigenvalue weighted by Crippen LogP contribution is -2.39. The molecule has 1 aromatic heterocycles.